The predicted octanol–water partition coefficient (Wildman–Crippen LogP) is 0.227. The molecule has 1 aromatic heterocycles. The number of aryl methyl sites for hydroxylation is 1. The molecule has 0 saturated carbocycles. The zero-order valence-electron chi connectivity index (χ0n) is 10.9. The van der Waals surface area contributed by atoms with E-state index in [0.717, 1.165) is 39.4 Å². The van der Waals surface area contributed by atoms with Gasteiger partial charge in [0.1, 0.15) is 0 Å². The van der Waals surface area contributed by atoms with Gasteiger partial charge in [0.25, 0.3) is 0 Å². The van der Waals surface area contributed by atoms with E-state index in [9.17, 15) is 4.79 Å². The van der Waals surface area contributed by atoms with Gasteiger partial charge in [-0.15, -0.1) is 0 Å². The van der Waals surface area contributed by atoms with E-state index in [1.54, 1.807) is 6.92 Å². The lowest BCUT2D eigenvalue weighted by Crippen LogP contribution is -2.39. The highest BCUT2D eigenvalue weighted by Crippen LogP contribution is 2.06. The molecule has 0 unspecified atom stereocenters. The Hall–Kier alpha value is -1.73. The molecule has 0 amide bonds. The summed E-state index contributed by atoms with van der Waals surface area (Å²) in [6.45, 7) is 6.74. The third-order valence-corrected chi connectivity index (χ3v) is 3.02. The van der Waals surface area contributed by atoms with Crippen molar-refractivity contribution in [1.29, 1.82) is 0 Å². The van der Waals surface area contributed by atoms with Gasteiger partial charge in [-0.2, -0.15) is 0 Å². The molecule has 19 heavy (non-hydrogen) atoms. The first-order chi connectivity index (χ1) is 9.16. The highest BCUT2D eigenvalue weighted by molar-refractivity contribution is 5.88. The maximum absolute atomic E-state index is 10.8. The maximum Gasteiger partial charge on any atom is 0.339 e. The number of nitrogens with one attached hydrogen (secondary N) is 1. The summed E-state index contributed by atoms with van der Waals surface area (Å²) < 4.78 is 5.27. The zero-order valence-corrected chi connectivity index (χ0v) is 10.9. The number of rotatable bonds is 5. The smallest absolute Gasteiger partial charge is 0.339 e. The van der Waals surface area contributed by atoms with Crippen molar-refractivity contribution in [3.63, 3.8) is 0 Å². The summed E-state index contributed by atoms with van der Waals surface area (Å²) in [5, 5.41) is 12.0. The molecule has 2 N–H and O–H groups in total. The zero-order chi connectivity index (χ0) is 13.7. The molecule has 0 atom stereocenters. The third-order valence-electron chi connectivity index (χ3n) is 3.02. The molecule has 2 rings (SSSR count). The molecule has 0 aromatic carbocycles. The van der Waals surface area contributed by atoms with Gasteiger partial charge >= 0.3 is 5.97 Å². The normalized spacial score (nSPS) is 16.3. The molecule has 0 spiro atoms. The lowest BCUT2D eigenvalue weighted by Gasteiger charge is -2.26. The summed E-state index contributed by atoms with van der Waals surface area (Å²) in [6.07, 6.45) is 1.34. The van der Waals surface area contributed by atoms with Crippen LogP contribution in [0.5, 0.6) is 0 Å². The first-order valence-electron chi connectivity index (χ1n) is 6.28. The fourth-order valence-corrected chi connectivity index (χ4v) is 1.91. The second kappa shape index (κ2) is 6.44. The molecule has 2 heterocycles. The molecule has 0 bridgehead atoms. The van der Waals surface area contributed by atoms with Crippen LogP contribution in [0.4, 0.5) is 5.95 Å². The average molecular weight is 266 g/mol. The van der Waals surface area contributed by atoms with Crippen molar-refractivity contribution in [2.45, 2.75) is 6.92 Å². The molecule has 1 aromatic rings. The topological polar surface area (TPSA) is 87.6 Å². The number of carboxylic acid groups (broad SMARTS) is 1. The number of anilines is 1. The molecule has 1 fully saturated rings. The summed E-state index contributed by atoms with van der Waals surface area (Å²) in [5.41, 5.74) is 0.607. The maximum atomic E-state index is 10.8. The number of aromatic nitrogens is 2. The largest absolute Gasteiger partial charge is 0.478 e. The number of ether oxygens (including phenoxy) is 1. The molecule has 104 valence electrons. The number of hydrogen-bond donors (Lipinski definition) is 2. The summed E-state index contributed by atoms with van der Waals surface area (Å²) in [7, 11) is 0. The average Bonchev–Trinajstić information content (AvgIpc) is 2.39. The van der Waals surface area contributed by atoms with Gasteiger partial charge in [-0.25, -0.2) is 14.8 Å². The van der Waals surface area contributed by atoms with Crippen LogP contribution in [0.15, 0.2) is 6.20 Å². The fraction of sp³-hybridized carbons (Fsp3) is 0.583. The molecule has 1 saturated heterocycles. The number of morpholine rings is 1. The van der Waals surface area contributed by atoms with E-state index < -0.39 is 5.97 Å². The highest BCUT2D eigenvalue weighted by atomic mass is 16.5. The SMILES string of the molecule is Cc1nc(NCCN2CCOCC2)ncc1C(=O)O. The first kappa shape index (κ1) is 13.7. The van der Waals surface area contributed by atoms with Crippen LogP contribution in [0, 0.1) is 6.92 Å². The monoisotopic (exact) mass is 266 g/mol. The van der Waals surface area contributed by atoms with Crippen molar-refractivity contribution in [3.05, 3.63) is 17.5 Å². The van der Waals surface area contributed by atoms with E-state index in [2.05, 4.69) is 20.2 Å². The Morgan fingerprint density at radius 3 is 2.89 bits per heavy atom. The molecule has 0 radical (unpaired) electrons. The molecule has 7 nitrogen and oxygen atoms in total. The Balaban J connectivity index is 1.82. The van der Waals surface area contributed by atoms with Crippen LogP contribution < -0.4 is 5.32 Å². The van der Waals surface area contributed by atoms with Crippen LogP contribution in [-0.4, -0.2) is 65.3 Å². The van der Waals surface area contributed by atoms with Crippen LogP contribution in [0.1, 0.15) is 16.1 Å². The van der Waals surface area contributed by atoms with E-state index in [4.69, 9.17) is 9.84 Å². The number of carboxylic acids is 1. The summed E-state index contributed by atoms with van der Waals surface area (Å²) >= 11 is 0. The van der Waals surface area contributed by atoms with Crippen molar-refractivity contribution in [1.82, 2.24) is 14.9 Å². The van der Waals surface area contributed by atoms with Gasteiger partial charge in [-0.05, 0) is 6.92 Å². The summed E-state index contributed by atoms with van der Waals surface area (Å²) in [6, 6.07) is 0. The molecule has 0 aliphatic carbocycles. The Morgan fingerprint density at radius 2 is 2.26 bits per heavy atom. The van der Waals surface area contributed by atoms with Crippen LogP contribution in [-0.2, 0) is 4.74 Å². The predicted molar refractivity (Wildman–Crippen MR) is 69.5 cm³/mol. The highest BCUT2D eigenvalue weighted by Gasteiger charge is 2.11. The van der Waals surface area contributed by atoms with Gasteiger partial charge in [0, 0.05) is 32.4 Å². The lowest BCUT2D eigenvalue weighted by atomic mass is 10.2. The minimum Gasteiger partial charge on any atom is -0.478 e. The molecular weight excluding hydrogens is 248 g/mol. The minimum atomic E-state index is -1.00. The van der Waals surface area contributed by atoms with Crippen molar-refractivity contribution < 1.29 is 14.6 Å². The van der Waals surface area contributed by atoms with Crippen molar-refractivity contribution in [2.24, 2.45) is 0 Å². The molecule has 1 aliphatic heterocycles. The third kappa shape index (κ3) is 3.87. The van der Waals surface area contributed by atoms with Crippen molar-refractivity contribution >= 4 is 11.9 Å². The Bertz CT molecular complexity index is 447. The minimum absolute atomic E-state index is 0.138. The second-order valence-electron chi connectivity index (χ2n) is 4.38. The summed E-state index contributed by atoms with van der Waals surface area (Å²) in [4.78, 5) is 21.3. The molecular formula is C12H18N4O3. The van der Waals surface area contributed by atoms with E-state index in [0.29, 0.717) is 11.6 Å². The van der Waals surface area contributed by atoms with Crippen molar-refractivity contribution in [2.75, 3.05) is 44.7 Å². The Morgan fingerprint density at radius 1 is 1.53 bits per heavy atom. The van der Waals surface area contributed by atoms with Crippen molar-refractivity contribution in [3.8, 4) is 0 Å². The van der Waals surface area contributed by atoms with Crippen LogP contribution in [0.25, 0.3) is 0 Å². The van der Waals surface area contributed by atoms with Gasteiger partial charge in [-0.3, -0.25) is 4.90 Å². The van der Waals surface area contributed by atoms with Gasteiger partial charge in [0.05, 0.1) is 24.5 Å². The summed E-state index contributed by atoms with van der Waals surface area (Å²) in [5.74, 6) is -0.534. The molecule has 7 heteroatoms. The van der Waals surface area contributed by atoms with Crippen LogP contribution >= 0.6 is 0 Å². The number of carbonyl (C=O) groups is 1. The second-order valence-corrected chi connectivity index (χ2v) is 4.38. The number of aromatic carboxylic acids is 1. The van der Waals surface area contributed by atoms with Gasteiger partial charge in [0.15, 0.2) is 0 Å². The van der Waals surface area contributed by atoms with E-state index in [1.165, 1.54) is 6.20 Å². The lowest BCUT2D eigenvalue weighted by molar-refractivity contribution is 0.0398. The van der Waals surface area contributed by atoms with E-state index in [1.807, 2.05) is 0 Å². The van der Waals surface area contributed by atoms with Gasteiger partial charge in [-0.1, -0.05) is 0 Å². The fourth-order valence-electron chi connectivity index (χ4n) is 1.91. The first-order valence-corrected chi connectivity index (χ1v) is 6.28. The van der Waals surface area contributed by atoms with Crippen LogP contribution in [0.3, 0.4) is 0 Å². The number of hydrogen-bond acceptors (Lipinski definition) is 6. The molecule has 1 aliphatic rings. The number of nitrogens with zero attached hydrogens (tertiary/aromatic N) is 3. The quantitative estimate of drug-likeness (QED) is 0.788. The Kier molecular flexibility index (Phi) is 4.64. The van der Waals surface area contributed by atoms with E-state index >= 15 is 0 Å². The Labute approximate surface area is 111 Å². The van der Waals surface area contributed by atoms with Gasteiger partial charge < -0.3 is 15.2 Å². The van der Waals surface area contributed by atoms with Crippen LogP contribution in [0.2, 0.25) is 0 Å². The van der Waals surface area contributed by atoms with Gasteiger partial charge in [0.2, 0.25) is 5.95 Å². The van der Waals surface area contributed by atoms with E-state index in [-0.39, 0.29) is 5.56 Å². The standard InChI is InChI=1S/C12H18N4O3/c1-9-10(11(17)18)8-14-12(15-9)13-2-3-16-4-6-19-7-5-16/h8H,2-7H2,1H3,(H,17,18)(H,13,14,15).